The van der Waals surface area contributed by atoms with Crippen LogP contribution in [0, 0.1) is 0 Å². The average molecular weight is 963 g/mol. The number of esters is 1. The molecule has 0 spiro atoms. The highest BCUT2D eigenvalue weighted by Crippen LogP contribution is 2.18. The van der Waals surface area contributed by atoms with Gasteiger partial charge in [-0.05, 0) is 89.9 Å². The number of nitrogens with one attached hydrogen (secondary N) is 1. The minimum absolute atomic E-state index is 0.0418. The van der Waals surface area contributed by atoms with Crippen LogP contribution in [0.5, 0.6) is 0 Å². The van der Waals surface area contributed by atoms with E-state index in [9.17, 15) is 19.8 Å². The van der Waals surface area contributed by atoms with Crippen LogP contribution in [0.3, 0.4) is 0 Å². The van der Waals surface area contributed by atoms with E-state index in [0.717, 1.165) is 77.0 Å². The van der Waals surface area contributed by atoms with Crippen LogP contribution >= 0.6 is 0 Å². The Labute approximate surface area is 427 Å². The molecule has 398 valence electrons. The first-order chi connectivity index (χ1) is 34.0. The lowest BCUT2D eigenvalue weighted by Crippen LogP contribution is -2.46. The van der Waals surface area contributed by atoms with Crippen molar-refractivity contribution in [3.8, 4) is 0 Å². The highest BCUT2D eigenvalue weighted by atomic mass is 16.5. The molecule has 3 N–H and O–H groups in total. The van der Waals surface area contributed by atoms with Gasteiger partial charge in [0.2, 0.25) is 5.91 Å². The first-order valence-corrected chi connectivity index (χ1v) is 29.3. The van der Waals surface area contributed by atoms with Crippen molar-refractivity contribution in [2.45, 2.75) is 296 Å². The van der Waals surface area contributed by atoms with Crippen molar-refractivity contribution < 1.29 is 24.5 Å². The lowest BCUT2D eigenvalue weighted by atomic mass is 10.0. The Balaban J connectivity index is 4.69. The molecule has 3 atom stereocenters. The van der Waals surface area contributed by atoms with E-state index in [1.165, 1.54) is 148 Å². The number of allylic oxidation sites excluding steroid dienone is 14. The fraction of sp³-hybridized carbons (Fsp3) is 0.746. The maximum atomic E-state index is 13.3. The molecule has 0 heterocycles. The molecule has 0 aromatic heterocycles. The topological polar surface area (TPSA) is 95.9 Å². The molecule has 69 heavy (non-hydrogen) atoms. The number of carbonyl (C=O) groups excluding carboxylic acids is 2. The summed E-state index contributed by atoms with van der Waals surface area (Å²) in [5.74, 6) is -0.574. The lowest BCUT2D eigenvalue weighted by molar-refractivity contribution is -0.150. The zero-order chi connectivity index (χ0) is 50.2. The maximum absolute atomic E-state index is 13.3. The molecule has 0 aliphatic carbocycles. The van der Waals surface area contributed by atoms with E-state index >= 15 is 0 Å². The quantitative estimate of drug-likeness (QED) is 0.0321. The summed E-state index contributed by atoms with van der Waals surface area (Å²) in [6.07, 6.45) is 73.7. The van der Waals surface area contributed by atoms with E-state index in [4.69, 9.17) is 4.74 Å². The fourth-order valence-electron chi connectivity index (χ4n) is 8.57. The van der Waals surface area contributed by atoms with Crippen molar-refractivity contribution in [3.05, 3.63) is 85.1 Å². The van der Waals surface area contributed by atoms with Gasteiger partial charge in [0, 0.05) is 6.42 Å². The van der Waals surface area contributed by atoms with E-state index in [-0.39, 0.29) is 31.3 Å². The van der Waals surface area contributed by atoms with Gasteiger partial charge in [0.15, 0.2) is 0 Å². The molecule has 0 radical (unpaired) electrons. The zero-order valence-electron chi connectivity index (χ0n) is 45.4. The number of rotatable bonds is 52. The number of hydrogen-bond acceptors (Lipinski definition) is 5. The Bertz CT molecular complexity index is 1310. The largest absolute Gasteiger partial charge is 0.462 e. The van der Waals surface area contributed by atoms with Gasteiger partial charge >= 0.3 is 5.97 Å². The van der Waals surface area contributed by atoms with Gasteiger partial charge in [-0.2, -0.15) is 0 Å². The van der Waals surface area contributed by atoms with Gasteiger partial charge < -0.3 is 20.3 Å². The van der Waals surface area contributed by atoms with Gasteiger partial charge in [0.05, 0.1) is 25.2 Å². The summed E-state index contributed by atoms with van der Waals surface area (Å²) in [6.45, 7) is 6.37. The number of ether oxygens (including phenoxy) is 1. The summed E-state index contributed by atoms with van der Waals surface area (Å²) >= 11 is 0. The third-order valence-corrected chi connectivity index (χ3v) is 13.0. The molecule has 0 rings (SSSR count). The van der Waals surface area contributed by atoms with E-state index in [0.29, 0.717) is 19.3 Å². The predicted molar refractivity (Wildman–Crippen MR) is 301 cm³/mol. The number of unbranched alkanes of at least 4 members (excludes halogenated alkanes) is 26. The molecular weight excluding hydrogens is 851 g/mol. The zero-order valence-corrected chi connectivity index (χ0v) is 45.4. The normalized spacial score (nSPS) is 13.8. The molecule has 0 saturated carbocycles. The minimum atomic E-state index is -0.806. The van der Waals surface area contributed by atoms with Crippen LogP contribution in [0.1, 0.15) is 278 Å². The van der Waals surface area contributed by atoms with Crippen molar-refractivity contribution in [1.82, 2.24) is 5.32 Å². The number of aliphatic hydroxyl groups excluding tert-OH is 2. The van der Waals surface area contributed by atoms with Gasteiger partial charge in [-0.3, -0.25) is 9.59 Å². The third-order valence-electron chi connectivity index (χ3n) is 13.0. The summed E-state index contributed by atoms with van der Waals surface area (Å²) in [5, 5.41) is 23.9. The molecule has 6 heteroatoms. The molecule has 0 bridgehead atoms. The minimum Gasteiger partial charge on any atom is -0.462 e. The third kappa shape index (κ3) is 51.2. The van der Waals surface area contributed by atoms with Crippen molar-refractivity contribution in [3.63, 3.8) is 0 Å². The Morgan fingerprint density at radius 2 is 0.783 bits per heavy atom. The van der Waals surface area contributed by atoms with Gasteiger partial charge in [-0.1, -0.05) is 260 Å². The van der Waals surface area contributed by atoms with Gasteiger partial charge in [-0.25, -0.2) is 0 Å². The molecule has 6 nitrogen and oxygen atoms in total. The van der Waals surface area contributed by atoms with Gasteiger partial charge in [-0.15, -0.1) is 0 Å². The van der Waals surface area contributed by atoms with Crippen LogP contribution in [-0.2, 0) is 14.3 Å². The standard InChI is InChI=1S/C63H111NO5/c1-4-7-10-13-16-19-22-25-28-30-31-33-35-38-41-44-47-50-53-56-63(68)69-59(54-51-48-45-42-39-36-34-32-29-26-23-20-17-14-11-8-5-2)57-62(67)64-60(58-65)61(66)55-52-49-46-43-40-37-27-24-21-18-15-12-9-6-3/h7,10,16,19,25-26,28-29,31,33,38,41,47,50,59-61,65-66H,4-6,8-9,11-15,17-18,20-24,27,30,32,34-37,39-40,42-46,48-49,51-58H2,1-3H3,(H,64,67)/b10-7-,19-16-,28-25-,29-26+,33-31-,41-38-,50-47-. The summed E-state index contributed by atoms with van der Waals surface area (Å²) in [6, 6.07) is -0.722. The Morgan fingerprint density at radius 1 is 0.435 bits per heavy atom. The van der Waals surface area contributed by atoms with E-state index in [1.54, 1.807) is 0 Å². The number of amides is 1. The predicted octanol–water partition coefficient (Wildman–Crippen LogP) is 18.3. The molecule has 0 fully saturated rings. The average Bonchev–Trinajstić information content (AvgIpc) is 3.34. The second-order valence-electron chi connectivity index (χ2n) is 19.7. The molecule has 0 aromatic rings. The molecular formula is C63H111NO5. The second-order valence-corrected chi connectivity index (χ2v) is 19.7. The van der Waals surface area contributed by atoms with Crippen molar-refractivity contribution >= 4 is 11.9 Å². The monoisotopic (exact) mass is 962 g/mol. The molecule has 1 amide bonds. The fourth-order valence-corrected chi connectivity index (χ4v) is 8.57. The molecule has 0 aliphatic rings. The number of hydrogen-bond donors (Lipinski definition) is 3. The SMILES string of the molecule is CC/C=C\C/C=C\C/C=C\C/C=C\C/C=C\C/C=C\CCC(=O)OC(CCCCCCCCC/C=C/CCCCCCCC)CC(=O)NC(CO)C(O)CCCCCCCCCCCCCCCC. The molecule has 0 saturated heterocycles. The smallest absolute Gasteiger partial charge is 0.306 e. The Hall–Kier alpha value is -2.96. The van der Waals surface area contributed by atoms with E-state index < -0.39 is 18.2 Å². The Morgan fingerprint density at radius 3 is 1.19 bits per heavy atom. The van der Waals surface area contributed by atoms with Crippen LogP contribution in [0.2, 0.25) is 0 Å². The summed E-state index contributed by atoms with van der Waals surface area (Å²) in [7, 11) is 0. The summed E-state index contributed by atoms with van der Waals surface area (Å²) in [5.41, 5.74) is 0. The Kier molecular flexibility index (Phi) is 53.6. The number of aliphatic hydroxyl groups is 2. The highest BCUT2D eigenvalue weighted by molar-refractivity contribution is 5.77. The maximum Gasteiger partial charge on any atom is 0.306 e. The van der Waals surface area contributed by atoms with Crippen LogP contribution in [0.25, 0.3) is 0 Å². The first-order valence-electron chi connectivity index (χ1n) is 29.3. The second kappa shape index (κ2) is 56.0. The van der Waals surface area contributed by atoms with Crippen LogP contribution in [0.4, 0.5) is 0 Å². The van der Waals surface area contributed by atoms with Crippen molar-refractivity contribution in [2.75, 3.05) is 6.61 Å². The van der Waals surface area contributed by atoms with Gasteiger partial charge in [0.25, 0.3) is 0 Å². The van der Waals surface area contributed by atoms with Crippen molar-refractivity contribution in [2.24, 2.45) is 0 Å². The van der Waals surface area contributed by atoms with Crippen molar-refractivity contribution in [1.29, 1.82) is 0 Å². The highest BCUT2D eigenvalue weighted by Gasteiger charge is 2.24. The van der Waals surface area contributed by atoms with Crippen LogP contribution in [0.15, 0.2) is 85.1 Å². The molecule has 3 unspecified atom stereocenters. The van der Waals surface area contributed by atoms with E-state index in [1.807, 2.05) is 6.08 Å². The summed E-state index contributed by atoms with van der Waals surface area (Å²) < 4.78 is 5.92. The van der Waals surface area contributed by atoms with Crippen LogP contribution < -0.4 is 5.32 Å². The molecule has 0 aromatic carbocycles. The van der Waals surface area contributed by atoms with Gasteiger partial charge in [0.1, 0.15) is 6.10 Å². The number of carbonyl (C=O) groups is 2. The van der Waals surface area contributed by atoms with E-state index in [2.05, 4.69) is 105 Å². The summed E-state index contributed by atoms with van der Waals surface area (Å²) in [4.78, 5) is 26.3. The molecule has 0 aliphatic heterocycles. The lowest BCUT2D eigenvalue weighted by Gasteiger charge is -2.24. The van der Waals surface area contributed by atoms with Crippen LogP contribution in [-0.4, -0.2) is 46.9 Å². The first kappa shape index (κ1) is 66.0.